The van der Waals surface area contributed by atoms with Crippen molar-refractivity contribution in [3.63, 3.8) is 0 Å². The molecule has 0 unspecified atom stereocenters. The second kappa shape index (κ2) is 4.20. The van der Waals surface area contributed by atoms with Gasteiger partial charge in [0.2, 0.25) is 0 Å². The normalized spacial score (nSPS) is 9.79. The first-order valence-corrected chi connectivity index (χ1v) is 4.73. The van der Waals surface area contributed by atoms with Crippen molar-refractivity contribution in [1.82, 2.24) is 0 Å². The molecular formula is C12H10OS. The molecule has 0 atom stereocenters. The molecule has 0 amide bonds. The minimum absolute atomic E-state index is 0.757. The number of hydrogen-bond donors (Lipinski definition) is 1. The van der Waals surface area contributed by atoms with Gasteiger partial charge in [-0.25, -0.2) is 0 Å². The predicted octanol–water partition coefficient (Wildman–Crippen LogP) is 3.58. The van der Waals surface area contributed by atoms with E-state index < -0.39 is 0 Å². The SMILES string of the molecule is SOc1ccc(-c2ccccc2)cc1. The van der Waals surface area contributed by atoms with E-state index in [4.69, 9.17) is 4.18 Å². The highest BCUT2D eigenvalue weighted by Crippen LogP contribution is 2.22. The highest BCUT2D eigenvalue weighted by Gasteiger charge is 1.96. The second-order valence-electron chi connectivity index (χ2n) is 2.98. The van der Waals surface area contributed by atoms with Crippen LogP contribution in [0.4, 0.5) is 0 Å². The Hall–Kier alpha value is -1.41. The number of rotatable bonds is 2. The summed E-state index contributed by atoms with van der Waals surface area (Å²) >= 11 is 3.73. The molecule has 0 aromatic heterocycles. The molecule has 0 aliphatic heterocycles. The van der Waals surface area contributed by atoms with Gasteiger partial charge in [0.05, 0.1) is 0 Å². The zero-order valence-corrected chi connectivity index (χ0v) is 8.45. The summed E-state index contributed by atoms with van der Waals surface area (Å²) in [5, 5.41) is 0. The van der Waals surface area contributed by atoms with E-state index in [9.17, 15) is 0 Å². The summed E-state index contributed by atoms with van der Waals surface area (Å²) < 4.78 is 4.80. The van der Waals surface area contributed by atoms with Crippen LogP contribution in [0.15, 0.2) is 54.6 Å². The molecule has 70 valence electrons. The van der Waals surface area contributed by atoms with E-state index in [2.05, 4.69) is 25.0 Å². The summed E-state index contributed by atoms with van der Waals surface area (Å²) in [6.07, 6.45) is 0. The molecule has 0 fully saturated rings. The lowest BCUT2D eigenvalue weighted by Crippen LogP contribution is -1.78. The Labute approximate surface area is 89.0 Å². The lowest BCUT2D eigenvalue weighted by molar-refractivity contribution is 0.659. The molecule has 0 bridgehead atoms. The molecule has 0 spiro atoms. The van der Waals surface area contributed by atoms with Gasteiger partial charge in [-0.05, 0) is 23.3 Å². The van der Waals surface area contributed by atoms with Crippen LogP contribution in [-0.2, 0) is 0 Å². The van der Waals surface area contributed by atoms with Gasteiger partial charge in [0.1, 0.15) is 5.75 Å². The molecule has 2 heteroatoms. The Morgan fingerprint density at radius 1 is 0.714 bits per heavy atom. The first-order chi connectivity index (χ1) is 6.90. The third-order valence-electron chi connectivity index (χ3n) is 2.07. The summed E-state index contributed by atoms with van der Waals surface area (Å²) in [6, 6.07) is 18.0. The fourth-order valence-corrected chi connectivity index (χ4v) is 1.46. The molecule has 0 saturated heterocycles. The van der Waals surface area contributed by atoms with Gasteiger partial charge in [0, 0.05) is 12.9 Å². The van der Waals surface area contributed by atoms with Gasteiger partial charge in [0.15, 0.2) is 0 Å². The minimum Gasteiger partial charge on any atom is -0.429 e. The van der Waals surface area contributed by atoms with Crippen molar-refractivity contribution in [1.29, 1.82) is 0 Å². The molecule has 0 heterocycles. The molecule has 2 aromatic carbocycles. The first-order valence-electron chi connectivity index (χ1n) is 4.37. The topological polar surface area (TPSA) is 9.23 Å². The van der Waals surface area contributed by atoms with Crippen molar-refractivity contribution in [2.75, 3.05) is 0 Å². The Balaban J connectivity index is 2.34. The van der Waals surface area contributed by atoms with Crippen molar-refractivity contribution in [2.24, 2.45) is 0 Å². The zero-order chi connectivity index (χ0) is 9.80. The first kappa shape index (κ1) is 9.16. The third-order valence-corrected chi connectivity index (χ3v) is 2.28. The van der Waals surface area contributed by atoms with Crippen molar-refractivity contribution < 1.29 is 4.18 Å². The molecule has 0 aliphatic carbocycles. The van der Waals surface area contributed by atoms with Crippen LogP contribution in [0.5, 0.6) is 5.75 Å². The Bertz CT molecular complexity index is 394. The minimum atomic E-state index is 0.757. The largest absolute Gasteiger partial charge is 0.429 e. The molecule has 0 saturated carbocycles. The van der Waals surface area contributed by atoms with Crippen LogP contribution in [-0.4, -0.2) is 0 Å². The molecule has 1 nitrogen and oxygen atoms in total. The monoisotopic (exact) mass is 202 g/mol. The highest BCUT2D eigenvalue weighted by atomic mass is 32.1. The van der Waals surface area contributed by atoms with Gasteiger partial charge in [-0.15, -0.1) is 0 Å². The number of benzene rings is 2. The summed E-state index contributed by atoms with van der Waals surface area (Å²) in [7, 11) is 0. The highest BCUT2D eigenvalue weighted by molar-refractivity contribution is 7.75. The van der Waals surface area contributed by atoms with Crippen LogP contribution < -0.4 is 4.18 Å². The molecule has 0 N–H and O–H groups in total. The molecule has 0 radical (unpaired) electrons. The van der Waals surface area contributed by atoms with E-state index in [-0.39, 0.29) is 0 Å². The second-order valence-corrected chi connectivity index (χ2v) is 3.16. The molecule has 0 aliphatic rings. The quantitative estimate of drug-likeness (QED) is 0.578. The van der Waals surface area contributed by atoms with Gasteiger partial charge in [-0.2, -0.15) is 0 Å². The van der Waals surface area contributed by atoms with Crippen LogP contribution in [0.2, 0.25) is 0 Å². The van der Waals surface area contributed by atoms with Crippen LogP contribution in [0, 0.1) is 0 Å². The van der Waals surface area contributed by atoms with E-state index in [1.165, 1.54) is 11.1 Å². The van der Waals surface area contributed by atoms with Crippen LogP contribution in [0.3, 0.4) is 0 Å². The van der Waals surface area contributed by atoms with Gasteiger partial charge >= 0.3 is 0 Å². The standard InChI is InChI=1S/C12H10OS/c14-13-12-8-6-11(7-9-12)10-4-2-1-3-5-10/h1-9,14H. The summed E-state index contributed by atoms with van der Waals surface area (Å²) in [4.78, 5) is 0. The Kier molecular flexibility index (Phi) is 2.75. The van der Waals surface area contributed by atoms with Crippen LogP contribution in [0.1, 0.15) is 0 Å². The lowest BCUT2D eigenvalue weighted by Gasteiger charge is -2.02. The summed E-state index contributed by atoms with van der Waals surface area (Å²) in [5.74, 6) is 0.757. The maximum Gasteiger partial charge on any atom is 0.137 e. The molecule has 2 aromatic rings. The fourth-order valence-electron chi connectivity index (χ4n) is 1.34. The average molecular weight is 202 g/mol. The van der Waals surface area contributed by atoms with Crippen LogP contribution in [0.25, 0.3) is 11.1 Å². The van der Waals surface area contributed by atoms with Gasteiger partial charge < -0.3 is 4.18 Å². The van der Waals surface area contributed by atoms with Gasteiger partial charge in [0.25, 0.3) is 0 Å². The van der Waals surface area contributed by atoms with E-state index in [0.29, 0.717) is 0 Å². The lowest BCUT2D eigenvalue weighted by atomic mass is 10.1. The number of hydrogen-bond acceptors (Lipinski definition) is 2. The Morgan fingerprint density at radius 2 is 1.29 bits per heavy atom. The summed E-state index contributed by atoms with van der Waals surface area (Å²) in [6.45, 7) is 0. The van der Waals surface area contributed by atoms with E-state index >= 15 is 0 Å². The molecule has 2 rings (SSSR count). The van der Waals surface area contributed by atoms with Crippen molar-refractivity contribution in [3.8, 4) is 16.9 Å². The smallest absolute Gasteiger partial charge is 0.137 e. The van der Waals surface area contributed by atoms with Gasteiger partial charge in [-0.3, -0.25) is 0 Å². The maximum atomic E-state index is 4.80. The summed E-state index contributed by atoms with van der Waals surface area (Å²) in [5.41, 5.74) is 2.39. The average Bonchev–Trinajstić information content (AvgIpc) is 2.30. The van der Waals surface area contributed by atoms with E-state index in [0.717, 1.165) is 5.75 Å². The van der Waals surface area contributed by atoms with E-state index in [1.54, 1.807) is 0 Å². The van der Waals surface area contributed by atoms with Gasteiger partial charge in [-0.1, -0.05) is 42.5 Å². The van der Waals surface area contributed by atoms with Crippen molar-refractivity contribution in [2.45, 2.75) is 0 Å². The van der Waals surface area contributed by atoms with E-state index in [1.807, 2.05) is 42.5 Å². The number of thiol groups is 1. The molecule has 14 heavy (non-hydrogen) atoms. The Morgan fingerprint density at radius 3 is 1.86 bits per heavy atom. The molecular weight excluding hydrogens is 192 g/mol. The maximum absolute atomic E-state index is 4.80. The van der Waals surface area contributed by atoms with Crippen molar-refractivity contribution >= 4 is 12.9 Å². The zero-order valence-electron chi connectivity index (χ0n) is 7.55. The predicted molar refractivity (Wildman–Crippen MR) is 61.5 cm³/mol. The van der Waals surface area contributed by atoms with Crippen LogP contribution >= 0.6 is 12.9 Å². The fraction of sp³-hybridized carbons (Fsp3) is 0. The van der Waals surface area contributed by atoms with Crippen molar-refractivity contribution in [3.05, 3.63) is 54.6 Å². The third kappa shape index (κ3) is 1.91.